The summed E-state index contributed by atoms with van der Waals surface area (Å²) >= 11 is 0. The molecular weight excluding hydrogens is 1380 g/mol. The number of fused-ring (bicyclic) bond motifs is 2. The number of aliphatic hydroxyl groups is 1. The number of esters is 4. The molecule has 586 valence electrons. The van der Waals surface area contributed by atoms with E-state index in [1.54, 1.807) is 79.9 Å². The summed E-state index contributed by atoms with van der Waals surface area (Å²) in [5, 5.41) is 10.0. The van der Waals surface area contributed by atoms with Crippen LogP contribution in [0.15, 0.2) is 211 Å². The highest BCUT2D eigenvalue weighted by Crippen LogP contribution is 2.57. The second-order valence-corrected chi connectivity index (χ2v) is 31.4. The predicted molar refractivity (Wildman–Crippen MR) is 448 cm³/mol. The molecule has 0 saturated heterocycles. The average Bonchev–Trinajstić information content (AvgIpc) is 0.733. The van der Waals surface area contributed by atoms with E-state index >= 15 is 0 Å². The minimum atomic E-state index is -0.647. The molecule has 8 aromatic rings. The van der Waals surface area contributed by atoms with Crippen molar-refractivity contribution >= 4 is 29.6 Å². The van der Waals surface area contributed by atoms with Gasteiger partial charge in [0.25, 0.3) is 0 Å². The maximum Gasteiger partial charge on any atom is 0.343 e. The zero-order valence-corrected chi connectivity index (χ0v) is 67.2. The number of aliphatic hydroxyl groups excluding tert-OH is 1. The number of rotatable bonds is 25. The van der Waals surface area contributed by atoms with Gasteiger partial charge in [-0.05, 0) is 276 Å². The van der Waals surface area contributed by atoms with Gasteiger partial charge in [-0.3, -0.25) is 0 Å². The maximum absolute atomic E-state index is 13.5. The molecule has 3 aliphatic carbocycles. The van der Waals surface area contributed by atoms with Crippen LogP contribution in [0.1, 0.15) is 285 Å². The van der Waals surface area contributed by atoms with Crippen molar-refractivity contribution < 1.29 is 57.4 Å². The Labute approximate surface area is 661 Å². The molecule has 1 aliphatic heterocycles. The fraction of sp³-hybridized carbons (Fsp3) is 0.394. The van der Waals surface area contributed by atoms with Gasteiger partial charge in [-0.25, -0.2) is 19.2 Å². The molecule has 4 aliphatic rings. The first-order chi connectivity index (χ1) is 53.0. The molecule has 1 heterocycles. The Hall–Kier alpha value is -10.0. The molecule has 0 radical (unpaired) electrons. The number of aryl methyl sites for hydroxylation is 3. The van der Waals surface area contributed by atoms with Gasteiger partial charge in [0.05, 0.1) is 36.0 Å². The first-order valence-electron chi connectivity index (χ1n) is 39.6. The predicted octanol–water partition coefficient (Wildman–Crippen LogP) is 24.9. The van der Waals surface area contributed by atoms with Crippen molar-refractivity contribution in [2.24, 2.45) is 17.8 Å². The summed E-state index contributed by atoms with van der Waals surface area (Å²) in [5.74, 6) is 4.11. The standard InChI is InChI=1S/C41H42O6.C35H38O4.C22H34O2.CH4/c1-27(2)15-14-22-33(26-45-39(42)30-16-8-5-9-17-30)34-24-23-28(3)36-35(34)25-29(4)37(46-40(43)31-18-10-6-11-19-31)38(36)47-41(44)32-20-12-7-13-21-32;1-22(2)13-12-18-29-28-20-19-23(3)31-30(37-25(5)26-14-8-6-9-15-26)21-24(4)33(32(28)31)38-35(29)39-34(36)27-16-10-7-11-17-27;1-14(2)8-7-9-18(13-23)19-11-10-15(3)21-20(19)12-16(4)17(5)22(21)24-6;/h5-13,15-21,25,28,33-34H,14,22-24,26H2,1-4H3;6-11,13-17,21,23,28-29,35H,5,12,18-20H2,1-4H3;8,12,15,18-19,23H,7,9-11,13H2,1-6H3;1H4/t28-,33-,34+;23-,28+,29+,35?;15-,18-,19+;/m111./s1. The van der Waals surface area contributed by atoms with E-state index in [1.807, 2.05) is 92.7 Å². The van der Waals surface area contributed by atoms with Gasteiger partial charge < -0.3 is 38.3 Å². The van der Waals surface area contributed by atoms with Crippen molar-refractivity contribution in [1.82, 2.24) is 0 Å². The van der Waals surface area contributed by atoms with Gasteiger partial charge in [0, 0.05) is 46.3 Å². The first-order valence-corrected chi connectivity index (χ1v) is 39.6. The van der Waals surface area contributed by atoms with Crippen LogP contribution in [0, 0.1) is 45.4 Å². The summed E-state index contributed by atoms with van der Waals surface area (Å²) in [6, 6.07) is 52.3. The van der Waals surface area contributed by atoms with Crippen molar-refractivity contribution in [1.29, 1.82) is 0 Å². The summed E-state index contributed by atoms with van der Waals surface area (Å²) in [5.41, 5.74) is 18.0. The molecule has 0 aromatic heterocycles. The third-order valence-corrected chi connectivity index (χ3v) is 22.6. The molecule has 0 fully saturated rings. The summed E-state index contributed by atoms with van der Waals surface area (Å²) in [4.78, 5) is 53.0. The zero-order chi connectivity index (χ0) is 78.7. The minimum absolute atomic E-state index is 0. The molecule has 0 bridgehead atoms. The van der Waals surface area contributed by atoms with Crippen LogP contribution in [0.2, 0.25) is 0 Å². The maximum atomic E-state index is 13.5. The smallest absolute Gasteiger partial charge is 0.343 e. The Bertz CT molecular complexity index is 4560. The fourth-order valence-corrected chi connectivity index (χ4v) is 16.6. The Morgan fingerprint density at radius 3 is 1.42 bits per heavy atom. The van der Waals surface area contributed by atoms with E-state index in [4.69, 9.17) is 33.2 Å². The summed E-state index contributed by atoms with van der Waals surface area (Å²) < 4.78 is 43.2. The molecule has 1 N–H and O–H groups in total. The molecule has 0 saturated carbocycles. The van der Waals surface area contributed by atoms with Crippen LogP contribution in [0.25, 0.3) is 5.76 Å². The number of hydrogen-bond donors (Lipinski definition) is 1. The van der Waals surface area contributed by atoms with E-state index in [1.165, 1.54) is 62.9 Å². The van der Waals surface area contributed by atoms with Crippen molar-refractivity contribution in [3.63, 3.8) is 0 Å². The van der Waals surface area contributed by atoms with Crippen LogP contribution in [0.4, 0.5) is 0 Å². The molecule has 111 heavy (non-hydrogen) atoms. The lowest BCUT2D eigenvalue weighted by molar-refractivity contribution is -0.101. The Balaban J connectivity index is 0.000000200. The summed E-state index contributed by atoms with van der Waals surface area (Å²) in [6.07, 6.45) is 17.8. The van der Waals surface area contributed by atoms with Gasteiger partial charge in [0.1, 0.15) is 23.0 Å². The quantitative estimate of drug-likeness (QED) is 0.0251. The lowest BCUT2D eigenvalue weighted by Crippen LogP contribution is -2.41. The number of carbonyl (C=O) groups excluding carboxylic acids is 4. The molecule has 8 aromatic carbocycles. The second-order valence-electron chi connectivity index (χ2n) is 31.4. The van der Waals surface area contributed by atoms with Crippen molar-refractivity contribution in [3.8, 4) is 28.7 Å². The highest BCUT2D eigenvalue weighted by atomic mass is 16.7. The van der Waals surface area contributed by atoms with Crippen LogP contribution in [-0.4, -0.2) is 55.6 Å². The zero-order valence-electron chi connectivity index (χ0n) is 67.2. The van der Waals surface area contributed by atoms with Gasteiger partial charge >= 0.3 is 23.9 Å². The van der Waals surface area contributed by atoms with Gasteiger partial charge in [-0.1, -0.05) is 185 Å². The monoisotopic (exact) mass is 1500 g/mol. The van der Waals surface area contributed by atoms with Crippen LogP contribution >= 0.6 is 0 Å². The second kappa shape index (κ2) is 40.2. The largest absolute Gasteiger partial charge is 0.496 e. The number of hydrogen-bond acceptors (Lipinski definition) is 12. The molecule has 12 heteroatoms. The molecule has 12 nitrogen and oxygen atoms in total. The van der Waals surface area contributed by atoms with Gasteiger partial charge in [-0.15, -0.1) is 0 Å². The summed E-state index contributed by atoms with van der Waals surface area (Å²) in [7, 11) is 1.79. The normalized spacial score (nSPS) is 18.8. The molecule has 10 atom stereocenters. The summed E-state index contributed by atoms with van der Waals surface area (Å²) in [6.45, 7) is 32.4. The molecule has 1 unspecified atom stereocenters. The molecule has 12 rings (SSSR count). The fourth-order valence-electron chi connectivity index (χ4n) is 16.6. The minimum Gasteiger partial charge on any atom is -0.496 e. The molecule has 0 spiro atoms. The first kappa shape index (κ1) is 85.0. The van der Waals surface area contributed by atoms with Crippen LogP contribution in [-0.2, 0) is 9.47 Å². The van der Waals surface area contributed by atoms with E-state index in [9.17, 15) is 24.3 Å². The van der Waals surface area contributed by atoms with E-state index in [0.29, 0.717) is 57.2 Å². The third kappa shape index (κ3) is 21.4. The highest BCUT2D eigenvalue weighted by molar-refractivity contribution is 5.94. The number of ether oxygens (including phenoxy) is 7. The van der Waals surface area contributed by atoms with Crippen molar-refractivity contribution in [3.05, 3.63) is 295 Å². The van der Waals surface area contributed by atoms with Gasteiger partial charge in [0.2, 0.25) is 6.29 Å². The number of carbonyl (C=O) groups is 4. The lowest BCUT2D eigenvalue weighted by atomic mass is 9.68. The molecular formula is C99H118O12. The van der Waals surface area contributed by atoms with Crippen molar-refractivity contribution in [2.75, 3.05) is 20.3 Å². The van der Waals surface area contributed by atoms with Crippen molar-refractivity contribution in [2.45, 2.75) is 216 Å². The topological polar surface area (TPSA) is 153 Å². The Morgan fingerprint density at radius 2 is 0.919 bits per heavy atom. The average molecular weight is 1500 g/mol. The number of benzene rings is 8. The Morgan fingerprint density at radius 1 is 0.486 bits per heavy atom. The van der Waals surface area contributed by atoms with Crippen LogP contribution < -0.4 is 23.7 Å². The van der Waals surface area contributed by atoms with E-state index in [-0.39, 0.29) is 73.7 Å². The molecule has 0 amide bonds. The van der Waals surface area contributed by atoms with E-state index in [2.05, 4.69) is 119 Å². The van der Waals surface area contributed by atoms with E-state index < -0.39 is 18.2 Å². The lowest BCUT2D eigenvalue weighted by Gasteiger charge is -2.44. The van der Waals surface area contributed by atoms with E-state index in [0.717, 1.165) is 104 Å². The highest BCUT2D eigenvalue weighted by Gasteiger charge is 2.46. The van der Waals surface area contributed by atoms with Crippen LogP contribution in [0.5, 0.6) is 28.7 Å². The third-order valence-electron chi connectivity index (χ3n) is 22.6. The Kier molecular flexibility index (Phi) is 30.8. The van der Waals surface area contributed by atoms with Gasteiger partial charge in [-0.2, -0.15) is 0 Å². The number of allylic oxidation sites excluding steroid dienone is 6. The SMILES string of the molecule is C.C=C(Oc1cc(C)c2c3c1[C@H](C)CC[C@H]3[C@H](CCC=C(C)C)C(OC(=O)c1ccccc1)O2)c1ccccc1.CC(C)=CCC[C@H](COC(=O)c1ccccc1)[C@@H]1CC[C@@H](C)c2c1cc(C)c(OC(=O)c1ccccc1)c2OC(=O)c1ccccc1.COc1c(C)c(C)cc2c1[C@H](C)CC[C@H]2[C@@H](CO)CCC=C(C)C. The number of methoxy groups -OCH3 is 1. The van der Waals surface area contributed by atoms with Crippen LogP contribution in [0.3, 0.4) is 0 Å². The van der Waals surface area contributed by atoms with Gasteiger partial charge in [0.15, 0.2) is 11.5 Å².